The van der Waals surface area contributed by atoms with E-state index in [1.807, 2.05) is 0 Å². The molecule has 1 rings (SSSR count). The summed E-state index contributed by atoms with van der Waals surface area (Å²) < 4.78 is 41.1. The van der Waals surface area contributed by atoms with Crippen molar-refractivity contribution in [3.8, 4) is 5.75 Å². The van der Waals surface area contributed by atoms with Crippen LogP contribution in [0.25, 0.3) is 0 Å². The summed E-state index contributed by atoms with van der Waals surface area (Å²) in [5, 5.41) is 0. The normalized spacial score (nSPS) is 13.6. The molecule has 0 amide bonds. The van der Waals surface area contributed by atoms with E-state index in [0.717, 1.165) is 0 Å². The SMILES string of the molecule is COc1ccccc1[C@H](N)CCC(F)(F)F. The number of halogens is 3. The summed E-state index contributed by atoms with van der Waals surface area (Å²) >= 11 is 0. The van der Waals surface area contributed by atoms with Crippen molar-refractivity contribution in [2.24, 2.45) is 5.73 Å². The Morgan fingerprint density at radius 3 is 2.50 bits per heavy atom. The van der Waals surface area contributed by atoms with Gasteiger partial charge in [0.05, 0.1) is 7.11 Å². The van der Waals surface area contributed by atoms with E-state index >= 15 is 0 Å². The van der Waals surface area contributed by atoms with Gasteiger partial charge in [-0.05, 0) is 12.5 Å². The zero-order valence-electron chi connectivity index (χ0n) is 8.92. The highest BCUT2D eigenvalue weighted by Crippen LogP contribution is 2.30. The Kier molecular flexibility index (Phi) is 4.18. The first kappa shape index (κ1) is 12.8. The molecule has 0 saturated carbocycles. The molecule has 0 aliphatic rings. The highest BCUT2D eigenvalue weighted by molar-refractivity contribution is 5.35. The third-order valence-electron chi connectivity index (χ3n) is 2.28. The van der Waals surface area contributed by atoms with Crippen LogP contribution in [0.1, 0.15) is 24.4 Å². The minimum atomic E-state index is -4.17. The maximum absolute atomic E-state index is 12.0. The first-order valence-electron chi connectivity index (χ1n) is 4.89. The second-order valence-corrected chi connectivity index (χ2v) is 3.50. The fourth-order valence-electron chi connectivity index (χ4n) is 1.45. The van der Waals surface area contributed by atoms with Gasteiger partial charge in [-0.3, -0.25) is 0 Å². The lowest BCUT2D eigenvalue weighted by atomic mass is 10.0. The summed E-state index contributed by atoms with van der Waals surface area (Å²) in [6.45, 7) is 0. The van der Waals surface area contributed by atoms with Crippen LogP contribution in [0.4, 0.5) is 13.2 Å². The molecule has 1 aromatic carbocycles. The quantitative estimate of drug-likeness (QED) is 0.867. The molecule has 0 radical (unpaired) electrons. The Morgan fingerprint density at radius 1 is 1.31 bits per heavy atom. The van der Waals surface area contributed by atoms with Gasteiger partial charge in [-0.15, -0.1) is 0 Å². The zero-order valence-corrected chi connectivity index (χ0v) is 8.92. The van der Waals surface area contributed by atoms with E-state index in [9.17, 15) is 13.2 Å². The van der Waals surface area contributed by atoms with Gasteiger partial charge >= 0.3 is 6.18 Å². The first-order valence-corrected chi connectivity index (χ1v) is 4.89. The third kappa shape index (κ3) is 3.73. The number of para-hydroxylation sites is 1. The lowest BCUT2D eigenvalue weighted by molar-refractivity contribution is -0.136. The van der Waals surface area contributed by atoms with E-state index in [0.29, 0.717) is 11.3 Å². The van der Waals surface area contributed by atoms with Gasteiger partial charge in [-0.25, -0.2) is 0 Å². The molecule has 0 unspecified atom stereocenters. The summed E-state index contributed by atoms with van der Waals surface area (Å²) in [5.41, 5.74) is 6.30. The molecule has 2 N–H and O–H groups in total. The Bertz CT molecular complexity index is 338. The molecule has 16 heavy (non-hydrogen) atoms. The average molecular weight is 233 g/mol. The van der Waals surface area contributed by atoms with Crippen LogP contribution < -0.4 is 10.5 Å². The van der Waals surface area contributed by atoms with Crippen LogP contribution in [-0.2, 0) is 0 Å². The molecule has 0 aromatic heterocycles. The van der Waals surface area contributed by atoms with Crippen LogP contribution in [0.5, 0.6) is 5.75 Å². The van der Waals surface area contributed by atoms with E-state index in [2.05, 4.69) is 0 Å². The maximum atomic E-state index is 12.0. The molecule has 0 saturated heterocycles. The van der Waals surface area contributed by atoms with Gasteiger partial charge in [0.25, 0.3) is 0 Å². The number of benzene rings is 1. The number of rotatable bonds is 4. The molecule has 5 heteroatoms. The Labute approximate surface area is 92.2 Å². The first-order chi connectivity index (χ1) is 7.44. The molecule has 2 nitrogen and oxygen atoms in total. The second-order valence-electron chi connectivity index (χ2n) is 3.50. The average Bonchev–Trinajstić information content (AvgIpc) is 2.25. The largest absolute Gasteiger partial charge is 0.496 e. The van der Waals surface area contributed by atoms with E-state index < -0.39 is 18.6 Å². The van der Waals surface area contributed by atoms with Crippen LogP contribution in [-0.4, -0.2) is 13.3 Å². The maximum Gasteiger partial charge on any atom is 0.389 e. The number of hydrogen-bond acceptors (Lipinski definition) is 2. The number of hydrogen-bond donors (Lipinski definition) is 1. The number of ether oxygens (including phenoxy) is 1. The second kappa shape index (κ2) is 5.21. The van der Waals surface area contributed by atoms with E-state index in [1.165, 1.54) is 7.11 Å². The minimum Gasteiger partial charge on any atom is -0.496 e. The van der Waals surface area contributed by atoms with Crippen molar-refractivity contribution in [2.75, 3.05) is 7.11 Å². The molecule has 1 atom stereocenters. The van der Waals surface area contributed by atoms with Crippen molar-refractivity contribution < 1.29 is 17.9 Å². The standard InChI is InChI=1S/C11H14F3NO/c1-16-10-5-3-2-4-8(10)9(15)6-7-11(12,13)14/h2-5,9H,6-7,15H2,1H3/t9-/m1/s1. The van der Waals surface area contributed by atoms with Gasteiger partial charge in [0.1, 0.15) is 5.75 Å². The summed E-state index contributed by atoms with van der Waals surface area (Å²) in [6, 6.07) is 6.19. The summed E-state index contributed by atoms with van der Waals surface area (Å²) in [4.78, 5) is 0. The molecular weight excluding hydrogens is 219 g/mol. The van der Waals surface area contributed by atoms with E-state index in [-0.39, 0.29) is 6.42 Å². The highest BCUT2D eigenvalue weighted by Gasteiger charge is 2.28. The fraction of sp³-hybridized carbons (Fsp3) is 0.455. The Morgan fingerprint density at radius 2 is 1.94 bits per heavy atom. The van der Waals surface area contributed by atoms with Crippen LogP contribution in [0.2, 0.25) is 0 Å². The van der Waals surface area contributed by atoms with E-state index in [1.54, 1.807) is 24.3 Å². The van der Waals surface area contributed by atoms with Crippen molar-refractivity contribution in [3.05, 3.63) is 29.8 Å². The van der Waals surface area contributed by atoms with Crippen LogP contribution in [0.3, 0.4) is 0 Å². The predicted octanol–water partition coefficient (Wildman–Crippen LogP) is 3.04. The van der Waals surface area contributed by atoms with Crippen molar-refractivity contribution >= 4 is 0 Å². The summed E-state index contributed by atoms with van der Waals surface area (Å²) in [5.74, 6) is 0.525. The molecule has 0 bridgehead atoms. The summed E-state index contributed by atoms with van der Waals surface area (Å²) in [7, 11) is 1.47. The van der Waals surface area contributed by atoms with Gasteiger partial charge in [0.2, 0.25) is 0 Å². The van der Waals surface area contributed by atoms with E-state index in [4.69, 9.17) is 10.5 Å². The smallest absolute Gasteiger partial charge is 0.389 e. The van der Waals surface area contributed by atoms with Crippen LogP contribution >= 0.6 is 0 Å². The summed E-state index contributed by atoms with van der Waals surface area (Å²) in [6.07, 6.45) is -5.18. The number of nitrogens with two attached hydrogens (primary N) is 1. The predicted molar refractivity (Wildman–Crippen MR) is 55.2 cm³/mol. The van der Waals surface area contributed by atoms with Gasteiger partial charge in [-0.2, -0.15) is 13.2 Å². The Balaban J connectivity index is 2.69. The molecule has 0 aliphatic heterocycles. The van der Waals surface area contributed by atoms with Gasteiger partial charge in [-0.1, -0.05) is 18.2 Å². The monoisotopic (exact) mass is 233 g/mol. The number of methoxy groups -OCH3 is 1. The zero-order chi connectivity index (χ0) is 12.2. The molecule has 1 aromatic rings. The number of alkyl halides is 3. The lowest BCUT2D eigenvalue weighted by Gasteiger charge is -2.16. The van der Waals surface area contributed by atoms with Crippen molar-refractivity contribution in [1.29, 1.82) is 0 Å². The lowest BCUT2D eigenvalue weighted by Crippen LogP contribution is -2.16. The van der Waals surface area contributed by atoms with Crippen molar-refractivity contribution in [3.63, 3.8) is 0 Å². The molecule has 0 fully saturated rings. The molecule has 0 heterocycles. The molecule has 90 valence electrons. The molecule has 0 spiro atoms. The van der Waals surface area contributed by atoms with Gasteiger partial charge in [0.15, 0.2) is 0 Å². The topological polar surface area (TPSA) is 35.2 Å². The van der Waals surface area contributed by atoms with Crippen molar-refractivity contribution in [1.82, 2.24) is 0 Å². The Hall–Kier alpha value is -1.23. The molecule has 0 aliphatic carbocycles. The van der Waals surface area contributed by atoms with Crippen LogP contribution in [0, 0.1) is 0 Å². The van der Waals surface area contributed by atoms with Crippen LogP contribution in [0.15, 0.2) is 24.3 Å². The van der Waals surface area contributed by atoms with Gasteiger partial charge < -0.3 is 10.5 Å². The van der Waals surface area contributed by atoms with Gasteiger partial charge in [0, 0.05) is 18.0 Å². The minimum absolute atomic E-state index is 0.135. The third-order valence-corrected chi connectivity index (χ3v) is 2.28. The van der Waals surface area contributed by atoms with Crippen molar-refractivity contribution in [2.45, 2.75) is 25.1 Å². The highest BCUT2D eigenvalue weighted by atomic mass is 19.4. The molecular formula is C11H14F3NO. The fourth-order valence-corrected chi connectivity index (χ4v) is 1.45.